The number of aromatic nitrogens is 1. The normalized spacial score (nSPS) is 23.5. The summed E-state index contributed by atoms with van der Waals surface area (Å²) in [7, 11) is -4.02. The average molecular weight is 413 g/mol. The molecule has 8 heteroatoms. The van der Waals surface area contributed by atoms with Crippen LogP contribution in [0.3, 0.4) is 0 Å². The molecule has 4 nitrogen and oxygen atoms in total. The molecule has 3 rings (SSSR count). The van der Waals surface area contributed by atoms with Crippen LogP contribution in [0.4, 0.5) is 13.2 Å². The van der Waals surface area contributed by atoms with Crippen LogP contribution in [-0.2, 0) is 20.8 Å². The number of alkyl halides is 3. The van der Waals surface area contributed by atoms with Gasteiger partial charge in [0.05, 0.1) is 20.9 Å². The quantitative estimate of drug-likeness (QED) is 0.717. The number of rotatable bonds is 4. The van der Waals surface area contributed by atoms with Gasteiger partial charge in [-0.3, -0.25) is 4.98 Å². The van der Waals surface area contributed by atoms with Crippen molar-refractivity contribution in [3.05, 3.63) is 59.4 Å². The second kappa shape index (κ2) is 7.48. The summed E-state index contributed by atoms with van der Waals surface area (Å²) in [6.45, 7) is 3.78. The Bertz CT molecular complexity index is 959. The molecule has 0 N–H and O–H groups in total. The minimum absolute atomic E-state index is 0.151. The van der Waals surface area contributed by atoms with Crippen molar-refractivity contribution in [2.75, 3.05) is 6.61 Å². The maximum atomic E-state index is 13.4. The molecule has 0 amide bonds. The van der Waals surface area contributed by atoms with Gasteiger partial charge in [-0.2, -0.15) is 13.2 Å². The van der Waals surface area contributed by atoms with Crippen LogP contribution in [0.1, 0.15) is 49.2 Å². The Morgan fingerprint density at radius 1 is 1.21 bits per heavy atom. The van der Waals surface area contributed by atoms with Gasteiger partial charge in [-0.05, 0) is 56.5 Å². The summed E-state index contributed by atoms with van der Waals surface area (Å²) in [5.74, 6) is 0. The molecule has 2 heterocycles. The highest BCUT2D eigenvalue weighted by molar-refractivity contribution is 7.92. The van der Waals surface area contributed by atoms with Gasteiger partial charge in [0.15, 0.2) is 9.84 Å². The maximum Gasteiger partial charge on any atom is 0.416 e. The molecule has 0 bridgehead atoms. The van der Waals surface area contributed by atoms with E-state index in [9.17, 15) is 21.6 Å². The van der Waals surface area contributed by atoms with Crippen LogP contribution in [0.2, 0.25) is 0 Å². The number of halogens is 3. The van der Waals surface area contributed by atoms with E-state index in [1.165, 1.54) is 6.07 Å². The largest absolute Gasteiger partial charge is 0.416 e. The van der Waals surface area contributed by atoms with Gasteiger partial charge in [0.1, 0.15) is 6.10 Å². The molecular formula is C20H22F3NO3S. The monoisotopic (exact) mass is 413 g/mol. The summed E-state index contributed by atoms with van der Waals surface area (Å²) in [6, 6.07) is 9.40. The molecule has 0 aliphatic carbocycles. The fourth-order valence-electron chi connectivity index (χ4n) is 3.66. The summed E-state index contributed by atoms with van der Waals surface area (Å²) in [4.78, 5) is 4.13. The zero-order valence-corrected chi connectivity index (χ0v) is 16.5. The smallest absolute Gasteiger partial charge is 0.372 e. The zero-order chi connectivity index (χ0) is 20.6. The van der Waals surface area contributed by atoms with Gasteiger partial charge >= 0.3 is 6.18 Å². The molecule has 2 atom stereocenters. The molecule has 1 aromatic carbocycles. The van der Waals surface area contributed by atoms with Gasteiger partial charge in [0.2, 0.25) is 0 Å². The third-order valence-electron chi connectivity index (χ3n) is 5.36. The van der Waals surface area contributed by atoms with Gasteiger partial charge in [-0.1, -0.05) is 19.1 Å². The van der Waals surface area contributed by atoms with Crippen LogP contribution in [0.5, 0.6) is 0 Å². The topological polar surface area (TPSA) is 56.3 Å². The first kappa shape index (κ1) is 20.8. The fourth-order valence-corrected chi connectivity index (χ4v) is 5.81. The minimum atomic E-state index is -4.60. The molecule has 1 aliphatic rings. The van der Waals surface area contributed by atoms with Crippen molar-refractivity contribution in [3.63, 3.8) is 0 Å². The standard InChI is InChI=1S/C20H22F3NO3S/c1-3-19(10-11-27-18(13-19)17-9-4-6-14(2)24-17)28(25,26)16-8-5-7-15(12-16)20(21,22)23/h4-9,12,18H,3,10-11,13H2,1-2H3. The molecule has 0 saturated carbocycles. The predicted octanol–water partition coefficient (Wildman–Crippen LogP) is 4.88. The Morgan fingerprint density at radius 3 is 2.57 bits per heavy atom. The third-order valence-corrected chi connectivity index (χ3v) is 8.03. The summed E-state index contributed by atoms with van der Waals surface area (Å²) in [5, 5.41) is 0. The van der Waals surface area contributed by atoms with Gasteiger partial charge in [0, 0.05) is 12.3 Å². The van der Waals surface area contributed by atoms with E-state index in [2.05, 4.69) is 4.98 Å². The molecule has 2 aromatic rings. The fraction of sp³-hybridized carbons (Fsp3) is 0.450. The van der Waals surface area contributed by atoms with Gasteiger partial charge in [0.25, 0.3) is 0 Å². The average Bonchev–Trinajstić information content (AvgIpc) is 2.67. The number of hydrogen-bond acceptors (Lipinski definition) is 4. The lowest BCUT2D eigenvalue weighted by molar-refractivity contribution is -0.137. The minimum Gasteiger partial charge on any atom is -0.372 e. The molecule has 152 valence electrons. The lowest BCUT2D eigenvalue weighted by Gasteiger charge is -2.39. The zero-order valence-electron chi connectivity index (χ0n) is 15.7. The van der Waals surface area contributed by atoms with E-state index in [1.54, 1.807) is 13.0 Å². The molecule has 1 aromatic heterocycles. The van der Waals surface area contributed by atoms with Crippen molar-refractivity contribution in [2.24, 2.45) is 0 Å². The van der Waals surface area contributed by atoms with Crippen molar-refractivity contribution < 1.29 is 26.3 Å². The molecule has 0 radical (unpaired) electrons. The summed E-state index contributed by atoms with van der Waals surface area (Å²) in [6.07, 6.45) is -4.47. The van der Waals surface area contributed by atoms with E-state index in [4.69, 9.17) is 4.74 Å². The highest BCUT2D eigenvalue weighted by atomic mass is 32.2. The van der Waals surface area contributed by atoms with Crippen molar-refractivity contribution >= 4 is 9.84 Å². The highest BCUT2D eigenvalue weighted by Gasteiger charge is 2.48. The van der Waals surface area contributed by atoms with Crippen LogP contribution in [0.25, 0.3) is 0 Å². The maximum absolute atomic E-state index is 13.4. The number of ether oxygens (including phenoxy) is 1. The number of pyridine rings is 1. The molecule has 1 aliphatic heterocycles. The van der Waals surface area contributed by atoms with Gasteiger partial charge in [-0.15, -0.1) is 0 Å². The van der Waals surface area contributed by atoms with Crippen LogP contribution >= 0.6 is 0 Å². The van der Waals surface area contributed by atoms with Crippen LogP contribution in [0.15, 0.2) is 47.4 Å². The van der Waals surface area contributed by atoms with Crippen LogP contribution in [-0.4, -0.2) is 24.8 Å². The van der Waals surface area contributed by atoms with Gasteiger partial charge < -0.3 is 4.74 Å². The summed E-state index contributed by atoms with van der Waals surface area (Å²) >= 11 is 0. The highest BCUT2D eigenvalue weighted by Crippen LogP contribution is 2.44. The van der Waals surface area contributed by atoms with E-state index < -0.39 is 32.4 Å². The Labute approximate surface area is 162 Å². The second-order valence-electron chi connectivity index (χ2n) is 7.08. The Balaban J connectivity index is 2.01. The first-order valence-electron chi connectivity index (χ1n) is 9.06. The Morgan fingerprint density at radius 2 is 1.93 bits per heavy atom. The van der Waals surface area contributed by atoms with Crippen molar-refractivity contribution in [1.29, 1.82) is 0 Å². The number of nitrogens with zero attached hydrogens (tertiary/aromatic N) is 1. The lowest BCUT2D eigenvalue weighted by Crippen LogP contribution is -2.44. The number of aryl methyl sites for hydroxylation is 1. The third kappa shape index (κ3) is 3.80. The molecule has 0 spiro atoms. The van der Waals surface area contributed by atoms with E-state index in [1.807, 2.05) is 19.1 Å². The molecular weight excluding hydrogens is 391 g/mol. The molecule has 1 saturated heterocycles. The van der Waals surface area contributed by atoms with E-state index >= 15 is 0 Å². The number of hydrogen-bond donors (Lipinski definition) is 0. The second-order valence-corrected chi connectivity index (χ2v) is 9.43. The molecule has 1 fully saturated rings. The van der Waals surface area contributed by atoms with Crippen LogP contribution in [0, 0.1) is 6.92 Å². The molecule has 28 heavy (non-hydrogen) atoms. The Hall–Kier alpha value is -1.93. The van der Waals surface area contributed by atoms with Crippen molar-refractivity contribution in [3.8, 4) is 0 Å². The Kier molecular flexibility index (Phi) is 5.55. The summed E-state index contributed by atoms with van der Waals surface area (Å²) < 4.78 is 70.6. The van der Waals surface area contributed by atoms with Crippen LogP contribution < -0.4 is 0 Å². The number of sulfone groups is 1. The van der Waals surface area contributed by atoms with Crippen molar-refractivity contribution in [1.82, 2.24) is 4.98 Å². The number of benzene rings is 1. The van der Waals surface area contributed by atoms with E-state index in [0.29, 0.717) is 5.69 Å². The van der Waals surface area contributed by atoms with E-state index in [-0.39, 0.29) is 30.8 Å². The SMILES string of the molecule is CCC1(S(=O)(=O)c2cccc(C(F)(F)F)c2)CCOC(c2cccc(C)n2)C1. The summed E-state index contributed by atoms with van der Waals surface area (Å²) in [5.41, 5.74) is 0.454. The van der Waals surface area contributed by atoms with Crippen molar-refractivity contribution in [2.45, 2.75) is 55.0 Å². The van der Waals surface area contributed by atoms with Gasteiger partial charge in [-0.25, -0.2) is 8.42 Å². The molecule has 2 unspecified atom stereocenters. The van der Waals surface area contributed by atoms with E-state index in [0.717, 1.165) is 23.9 Å². The predicted molar refractivity (Wildman–Crippen MR) is 98.6 cm³/mol. The first-order valence-corrected chi connectivity index (χ1v) is 10.5. The lowest BCUT2D eigenvalue weighted by atomic mass is 9.90. The first-order chi connectivity index (χ1) is 13.1.